The molecule has 0 spiro atoms. The first kappa shape index (κ1) is 7.52. The summed E-state index contributed by atoms with van der Waals surface area (Å²) in [5.41, 5.74) is 4.42. The smallest absolute Gasteiger partial charge is 0.0740 e. The van der Waals surface area contributed by atoms with Crippen LogP contribution in [-0.4, -0.2) is 6.04 Å². The molecule has 1 unspecified atom stereocenters. The first-order chi connectivity index (χ1) is 7.45. The van der Waals surface area contributed by atoms with E-state index in [2.05, 4.69) is 41.7 Å². The fourth-order valence-electron chi connectivity index (χ4n) is 2.95. The van der Waals surface area contributed by atoms with Gasteiger partial charge in [0.1, 0.15) is 0 Å². The molecule has 0 saturated carbocycles. The van der Waals surface area contributed by atoms with Crippen molar-refractivity contribution in [3.05, 3.63) is 52.6 Å². The van der Waals surface area contributed by atoms with Gasteiger partial charge in [-0.2, -0.15) is 0 Å². The van der Waals surface area contributed by atoms with Gasteiger partial charge in [0.25, 0.3) is 0 Å². The Balaban J connectivity index is 2.17. The Bertz CT molecular complexity index is 632. The van der Waals surface area contributed by atoms with E-state index in [1.165, 1.54) is 21.6 Å². The van der Waals surface area contributed by atoms with Crippen molar-refractivity contribution < 1.29 is 0 Å². The topological polar surface area (TPSA) is 12.0 Å². The van der Waals surface area contributed by atoms with Crippen LogP contribution in [0.15, 0.2) is 36.6 Å². The first-order valence-corrected chi connectivity index (χ1v) is 5.40. The van der Waals surface area contributed by atoms with Crippen LogP contribution in [-0.2, 0) is 0 Å². The molecule has 2 aliphatic carbocycles. The van der Waals surface area contributed by atoms with Crippen LogP contribution in [0.2, 0.25) is 0 Å². The predicted molar refractivity (Wildman–Crippen MR) is 62.2 cm³/mol. The second-order valence-corrected chi connectivity index (χ2v) is 4.28. The Kier molecular flexibility index (Phi) is 1.22. The van der Waals surface area contributed by atoms with E-state index in [-0.39, 0.29) is 0 Å². The third-order valence-corrected chi connectivity index (χ3v) is 3.57. The molecule has 1 heteroatoms. The van der Waals surface area contributed by atoms with Crippen LogP contribution in [0.5, 0.6) is 0 Å². The molecule has 1 aromatic rings. The van der Waals surface area contributed by atoms with Crippen LogP contribution in [0.3, 0.4) is 0 Å². The quantitative estimate of drug-likeness (QED) is 0.645. The summed E-state index contributed by atoms with van der Waals surface area (Å²) in [4.78, 5) is 0. The van der Waals surface area contributed by atoms with Gasteiger partial charge in [-0.1, -0.05) is 30.4 Å². The molecule has 0 radical (unpaired) electrons. The molecule has 1 nitrogen and oxygen atoms in total. The van der Waals surface area contributed by atoms with Crippen molar-refractivity contribution >= 4 is 17.2 Å². The van der Waals surface area contributed by atoms with Crippen molar-refractivity contribution in [2.24, 2.45) is 0 Å². The highest BCUT2D eigenvalue weighted by Gasteiger charge is 2.29. The highest BCUT2D eigenvalue weighted by atomic mass is 14.9. The van der Waals surface area contributed by atoms with Gasteiger partial charge in [-0.25, -0.2) is 0 Å². The maximum absolute atomic E-state index is 3.46. The summed E-state index contributed by atoms with van der Waals surface area (Å²) in [5.74, 6) is 0. The Morgan fingerprint density at radius 1 is 1.27 bits per heavy atom. The zero-order valence-electron chi connectivity index (χ0n) is 8.33. The molecule has 0 aromatic heterocycles. The van der Waals surface area contributed by atoms with Crippen LogP contribution in [0.1, 0.15) is 12.0 Å². The number of benzene rings is 1. The zero-order valence-corrected chi connectivity index (χ0v) is 8.33. The van der Waals surface area contributed by atoms with Crippen molar-refractivity contribution in [3.8, 4) is 0 Å². The van der Waals surface area contributed by atoms with Gasteiger partial charge in [0.05, 0.1) is 6.04 Å². The van der Waals surface area contributed by atoms with E-state index in [0.717, 1.165) is 6.42 Å². The molecule has 0 saturated heterocycles. The number of allylic oxidation sites excluding steroid dienone is 2. The number of hydrogen-bond donors (Lipinski definition) is 1. The standard InChI is InChI=1S/C14H11N/c1-3-9-6-7-12-13(9)10(4-1)11-5-2-8-15-14(11)12/h1-6,8,14-15H,7H2. The second kappa shape index (κ2) is 2.43. The summed E-state index contributed by atoms with van der Waals surface area (Å²) < 4.78 is 0. The molecule has 4 rings (SSSR count). The lowest BCUT2D eigenvalue weighted by atomic mass is 9.98. The molecule has 1 N–H and O–H groups in total. The number of fused-ring (bicyclic) bond motifs is 3. The van der Waals surface area contributed by atoms with Gasteiger partial charge in [0.2, 0.25) is 0 Å². The monoisotopic (exact) mass is 193 g/mol. The Labute approximate surface area is 88.1 Å². The van der Waals surface area contributed by atoms with Crippen molar-refractivity contribution in [2.45, 2.75) is 12.5 Å². The van der Waals surface area contributed by atoms with Gasteiger partial charge in [0, 0.05) is 0 Å². The molecule has 15 heavy (non-hydrogen) atoms. The van der Waals surface area contributed by atoms with Gasteiger partial charge in [-0.3, -0.25) is 0 Å². The van der Waals surface area contributed by atoms with Gasteiger partial charge in [-0.05, 0) is 45.8 Å². The lowest BCUT2D eigenvalue weighted by Gasteiger charge is -2.20. The van der Waals surface area contributed by atoms with Crippen LogP contribution in [0.25, 0.3) is 17.2 Å². The number of rotatable bonds is 0. The van der Waals surface area contributed by atoms with Crippen molar-refractivity contribution in [2.75, 3.05) is 0 Å². The van der Waals surface area contributed by atoms with Gasteiger partial charge in [0.15, 0.2) is 0 Å². The molecule has 72 valence electrons. The van der Waals surface area contributed by atoms with Gasteiger partial charge in [-0.15, -0.1) is 0 Å². The van der Waals surface area contributed by atoms with E-state index in [0.29, 0.717) is 6.04 Å². The fraction of sp³-hybridized carbons (Fsp3) is 0.143. The number of dihydropyridines is 1. The lowest BCUT2D eigenvalue weighted by molar-refractivity contribution is 0.860. The average Bonchev–Trinajstić information content (AvgIpc) is 2.85. The van der Waals surface area contributed by atoms with E-state index in [4.69, 9.17) is 0 Å². The Morgan fingerprint density at radius 2 is 2.27 bits per heavy atom. The summed E-state index contributed by atoms with van der Waals surface area (Å²) >= 11 is 0. The molecule has 1 atom stereocenters. The van der Waals surface area contributed by atoms with Crippen LogP contribution in [0, 0.1) is 0 Å². The highest BCUT2D eigenvalue weighted by molar-refractivity contribution is 5.91. The van der Waals surface area contributed by atoms with E-state index < -0.39 is 0 Å². The number of hydrogen-bond acceptors (Lipinski definition) is 1. The predicted octanol–water partition coefficient (Wildman–Crippen LogP) is 0.904. The van der Waals surface area contributed by atoms with Crippen LogP contribution < -0.4 is 15.8 Å². The van der Waals surface area contributed by atoms with Crippen molar-refractivity contribution in [1.29, 1.82) is 0 Å². The first-order valence-electron chi connectivity index (χ1n) is 5.40. The van der Waals surface area contributed by atoms with Crippen molar-refractivity contribution in [1.82, 2.24) is 5.32 Å². The van der Waals surface area contributed by atoms with Gasteiger partial charge >= 0.3 is 0 Å². The molecule has 0 amide bonds. The fourth-order valence-corrected chi connectivity index (χ4v) is 2.95. The molecule has 1 heterocycles. The lowest BCUT2D eigenvalue weighted by Crippen LogP contribution is -2.26. The minimum Gasteiger partial charge on any atom is -0.380 e. The molecule has 0 bridgehead atoms. The molecule has 0 fully saturated rings. The molecular formula is C14H11N. The second-order valence-electron chi connectivity index (χ2n) is 4.28. The summed E-state index contributed by atoms with van der Waals surface area (Å²) in [5, 5.41) is 6.36. The summed E-state index contributed by atoms with van der Waals surface area (Å²) in [6, 6.07) is 7.06. The average molecular weight is 193 g/mol. The number of nitrogens with one attached hydrogen (secondary N) is 1. The van der Waals surface area contributed by atoms with E-state index >= 15 is 0 Å². The third-order valence-electron chi connectivity index (χ3n) is 3.57. The summed E-state index contributed by atoms with van der Waals surface area (Å²) in [6.07, 6.45) is 9.82. The van der Waals surface area contributed by atoms with Gasteiger partial charge < -0.3 is 5.32 Å². The maximum Gasteiger partial charge on any atom is 0.0740 e. The Morgan fingerprint density at radius 3 is 3.27 bits per heavy atom. The minimum atomic E-state index is 0.435. The van der Waals surface area contributed by atoms with Crippen molar-refractivity contribution in [3.63, 3.8) is 0 Å². The Hall–Kier alpha value is -1.76. The normalized spacial score (nSPS) is 24.1. The van der Waals surface area contributed by atoms with E-state index in [1.807, 2.05) is 6.20 Å². The minimum absolute atomic E-state index is 0.435. The largest absolute Gasteiger partial charge is 0.380 e. The maximum atomic E-state index is 3.46. The summed E-state index contributed by atoms with van der Waals surface area (Å²) in [6.45, 7) is 0. The van der Waals surface area contributed by atoms with Crippen LogP contribution in [0.4, 0.5) is 0 Å². The highest BCUT2D eigenvalue weighted by Crippen LogP contribution is 2.31. The SMILES string of the molecule is C1=CNC2C(=C1)c1cccc3c1=C2CC=3. The zero-order chi connectivity index (χ0) is 9.83. The molecule has 1 aliphatic heterocycles. The van der Waals surface area contributed by atoms with E-state index in [1.54, 1.807) is 5.57 Å². The third kappa shape index (κ3) is 0.793. The van der Waals surface area contributed by atoms with E-state index in [9.17, 15) is 0 Å². The van der Waals surface area contributed by atoms with Crippen LogP contribution >= 0.6 is 0 Å². The molecular weight excluding hydrogens is 182 g/mol. The molecule has 3 aliphatic rings. The summed E-state index contributed by atoms with van der Waals surface area (Å²) in [7, 11) is 0. The molecule has 1 aromatic carbocycles.